The van der Waals surface area contributed by atoms with Gasteiger partial charge in [-0.1, -0.05) is 0 Å². The number of hydrogen-bond donors (Lipinski definition) is 24. The molecule has 5 fully saturated rings. The van der Waals surface area contributed by atoms with Crippen LogP contribution in [0.15, 0.2) is 0 Å². The van der Waals surface area contributed by atoms with Crippen LogP contribution < -0.4 is 5.73 Å². The number of aliphatic carboxylic acids is 2. The van der Waals surface area contributed by atoms with E-state index in [1.165, 1.54) is 0 Å². The van der Waals surface area contributed by atoms with E-state index < -0.39 is 246 Å². The monoisotopic (exact) mass is 1240 g/mol. The second-order valence-electron chi connectivity index (χ2n) is 18.6. The minimum atomic E-state index is -6.37. The van der Waals surface area contributed by atoms with E-state index in [0.29, 0.717) is 0 Å². The number of aliphatic hydroxyl groups excluding tert-OH is 14. The molecule has 41 nitrogen and oxygen atoms in total. The molecular weight excluding hydrogens is 1180 g/mol. The molecule has 44 heteroatoms. The van der Waals surface area contributed by atoms with Gasteiger partial charge in [0.2, 0.25) is 0 Å². The van der Waals surface area contributed by atoms with Crippen LogP contribution in [0.1, 0.15) is 12.8 Å². The zero-order valence-corrected chi connectivity index (χ0v) is 43.2. The standard InChI is InChI=1S/C36H64NO40P3/c37-15-18(49)17(48)13(6-41)66-30(15)70-26-19(50)21(9(44)3-38)67-31(20(26)51)71-27-28(76-79(60,61)62)25(14(7-42)75-78(57,58)59)69-32(29(27)77-80(63,64)65)68-24-12(2-35(56,33(52)53)73-23(24)11(46)5-40)72-36(34(54)55)1-8(43)16(47)22(74-36)10(45)4-39/h8-32,38-51,56H,1-7,37H2,(H,52,53)(H,54,55)(H2,57,58,59)(H2,60,61,62)(H2,63,64,65)/t8-,9+,10-,11-,12-,13-,14+,15-,16-,17+,18-,19-,20+,21-,22-,23-,24-,25-,26+,27+,28-,29+,30-,31-,32+,35-,36-/m1/s1. The van der Waals surface area contributed by atoms with Crippen molar-refractivity contribution in [3.63, 3.8) is 0 Å². The van der Waals surface area contributed by atoms with Crippen LogP contribution in [0.25, 0.3) is 0 Å². The first-order valence-electron chi connectivity index (χ1n) is 23.2. The minimum Gasteiger partial charge on any atom is -0.477 e. The summed E-state index contributed by atoms with van der Waals surface area (Å²) in [4.78, 5) is 86.7. The number of hydrogen-bond acceptors (Lipinski definition) is 33. The number of phosphoric ester groups is 3. The third-order valence-corrected chi connectivity index (χ3v) is 14.6. The number of ether oxygens (including phenoxy) is 9. The van der Waals surface area contributed by atoms with Gasteiger partial charge >= 0.3 is 35.4 Å². The van der Waals surface area contributed by atoms with Crippen molar-refractivity contribution < 1.29 is 196 Å². The van der Waals surface area contributed by atoms with Crippen molar-refractivity contribution in [3.05, 3.63) is 0 Å². The lowest BCUT2D eigenvalue weighted by Crippen LogP contribution is -2.70. The number of aliphatic hydroxyl groups is 15. The number of carbonyl (C=O) groups is 2. The molecule has 0 radical (unpaired) electrons. The first-order chi connectivity index (χ1) is 36.9. The van der Waals surface area contributed by atoms with Crippen molar-refractivity contribution in [2.24, 2.45) is 5.73 Å². The SMILES string of the molecule is N[C@H]1[C@@H](O[C@@H]2[C@H](O)[C@@H](O[C@H]3[C@H](OP(=O)(O)O)[C@@H]([C@H](CO)OP(=O)(O)O)O[C@H](O[C@H]4[C@@H]([C@H](O)CO)O[C@@](O)(C(=O)O)C[C@H]4O[C@]4(C(=O)O)C[C@@H](O)[C@@H](O)[C@@H]([C@H](O)CO)O4)[C@H]3OP(=O)(O)O)O[C@H]([C@@H](O)CO)[C@H]2O)O[C@H](CO)[C@H](O)[C@@H]1O. The Morgan fingerprint density at radius 1 is 0.550 bits per heavy atom. The summed E-state index contributed by atoms with van der Waals surface area (Å²) in [6.07, 6.45) is -64.3. The Kier molecular flexibility index (Phi) is 23.6. The molecule has 5 aliphatic heterocycles. The molecule has 5 rings (SSSR count). The normalized spacial score (nSPS) is 43.0. The number of nitrogens with two attached hydrogens (primary N) is 1. The predicted octanol–water partition coefficient (Wildman–Crippen LogP) is -13.2. The van der Waals surface area contributed by atoms with Gasteiger partial charge in [0.25, 0.3) is 11.6 Å². The number of carboxylic acid groups (broad SMARTS) is 2. The van der Waals surface area contributed by atoms with Gasteiger partial charge in [0, 0.05) is 12.8 Å². The lowest BCUT2D eigenvalue weighted by atomic mass is 9.89. The van der Waals surface area contributed by atoms with Crippen LogP contribution in [0.5, 0.6) is 0 Å². The van der Waals surface area contributed by atoms with Crippen molar-refractivity contribution in [2.75, 3.05) is 33.0 Å². The molecule has 0 unspecified atom stereocenters. The predicted molar refractivity (Wildman–Crippen MR) is 236 cm³/mol. The summed E-state index contributed by atoms with van der Waals surface area (Å²) in [5.41, 5.74) is 5.96. The van der Waals surface area contributed by atoms with Crippen molar-refractivity contribution >= 4 is 35.4 Å². The zero-order chi connectivity index (χ0) is 60.5. The molecule has 0 aromatic carbocycles. The van der Waals surface area contributed by atoms with Crippen molar-refractivity contribution in [1.29, 1.82) is 0 Å². The number of rotatable bonds is 25. The summed E-state index contributed by atoms with van der Waals surface area (Å²) in [6.45, 7) is -7.10. The van der Waals surface area contributed by atoms with Crippen molar-refractivity contribution in [1.82, 2.24) is 0 Å². The number of carboxylic acids is 2. The Hall–Kier alpha value is -1.73. The van der Waals surface area contributed by atoms with Gasteiger partial charge in [-0.15, -0.1) is 0 Å². The fourth-order valence-electron chi connectivity index (χ4n) is 9.19. The van der Waals surface area contributed by atoms with Crippen LogP contribution in [-0.2, 0) is 79.5 Å². The van der Waals surface area contributed by atoms with Gasteiger partial charge in [-0.3, -0.25) is 13.6 Å². The second-order valence-corrected chi connectivity index (χ2v) is 22.2. The highest BCUT2D eigenvalue weighted by Crippen LogP contribution is 2.51. The molecule has 468 valence electrons. The summed E-state index contributed by atoms with van der Waals surface area (Å²) in [7, 11) is -18.7. The molecule has 5 heterocycles. The fourth-order valence-corrected chi connectivity index (χ4v) is 10.8. The van der Waals surface area contributed by atoms with Crippen LogP contribution in [0.2, 0.25) is 0 Å². The Bertz CT molecular complexity index is 2190. The van der Waals surface area contributed by atoms with Crippen LogP contribution in [0.3, 0.4) is 0 Å². The van der Waals surface area contributed by atoms with Crippen molar-refractivity contribution in [3.8, 4) is 0 Å². The Morgan fingerprint density at radius 2 is 1.07 bits per heavy atom. The van der Waals surface area contributed by atoms with E-state index >= 15 is 0 Å². The Labute approximate surface area is 446 Å². The maximum absolute atomic E-state index is 13.1. The smallest absolute Gasteiger partial charge is 0.470 e. The summed E-state index contributed by atoms with van der Waals surface area (Å²) < 4.78 is 103. The molecule has 27 atom stereocenters. The van der Waals surface area contributed by atoms with E-state index in [9.17, 15) is 139 Å². The van der Waals surface area contributed by atoms with E-state index in [2.05, 4.69) is 4.52 Å². The largest absolute Gasteiger partial charge is 0.477 e. The van der Waals surface area contributed by atoms with Gasteiger partial charge in [-0.05, 0) is 0 Å². The first kappa shape index (κ1) is 69.0. The molecule has 0 aliphatic carbocycles. The second kappa shape index (κ2) is 27.3. The summed E-state index contributed by atoms with van der Waals surface area (Å²) in [5, 5.41) is 180. The molecule has 0 saturated carbocycles. The molecule has 5 saturated heterocycles. The molecule has 0 aromatic heterocycles. The van der Waals surface area contributed by atoms with E-state index in [0.717, 1.165) is 0 Å². The van der Waals surface area contributed by atoms with E-state index in [1.807, 2.05) is 0 Å². The molecular formula is C36H64NO40P3. The molecule has 0 spiro atoms. The lowest BCUT2D eigenvalue weighted by Gasteiger charge is -2.53. The Balaban J connectivity index is 1.76. The van der Waals surface area contributed by atoms with Gasteiger partial charge in [-0.2, -0.15) is 0 Å². The van der Waals surface area contributed by atoms with Gasteiger partial charge in [-0.25, -0.2) is 23.3 Å². The van der Waals surface area contributed by atoms with Gasteiger partial charge in [0.05, 0.1) is 51.3 Å². The molecule has 0 bridgehead atoms. The summed E-state index contributed by atoms with van der Waals surface area (Å²) in [5.74, 6) is -12.0. The van der Waals surface area contributed by atoms with E-state index in [1.54, 1.807) is 0 Å². The average Bonchev–Trinajstić information content (AvgIpc) is 3.36. The quantitative estimate of drug-likeness (QED) is 0.0377. The first-order valence-corrected chi connectivity index (χ1v) is 27.8. The van der Waals surface area contributed by atoms with Crippen LogP contribution in [0.4, 0.5) is 0 Å². The maximum atomic E-state index is 13.1. The number of phosphoric acid groups is 3. The van der Waals surface area contributed by atoms with Gasteiger partial charge in [0.15, 0.2) is 18.9 Å². The van der Waals surface area contributed by atoms with Crippen molar-refractivity contribution in [2.45, 2.75) is 178 Å². The fraction of sp³-hybridized carbons (Fsp3) is 0.944. The zero-order valence-electron chi connectivity index (χ0n) is 40.5. The average molecular weight is 1240 g/mol. The maximum Gasteiger partial charge on any atom is 0.470 e. The lowest BCUT2D eigenvalue weighted by molar-refractivity contribution is -0.402. The highest BCUT2D eigenvalue weighted by molar-refractivity contribution is 7.46. The van der Waals surface area contributed by atoms with E-state index in [-0.39, 0.29) is 0 Å². The van der Waals surface area contributed by atoms with Gasteiger partial charge < -0.3 is 165 Å². The highest BCUT2D eigenvalue weighted by atomic mass is 31.2. The third kappa shape index (κ3) is 16.0. The molecule has 80 heavy (non-hydrogen) atoms. The topological polar surface area (TPSA) is 687 Å². The highest BCUT2D eigenvalue weighted by Gasteiger charge is 2.64. The van der Waals surface area contributed by atoms with Crippen LogP contribution in [0, 0.1) is 0 Å². The minimum absolute atomic E-state index is 1.05. The third-order valence-electron chi connectivity index (χ3n) is 13.0. The van der Waals surface area contributed by atoms with Gasteiger partial charge in [0.1, 0.15) is 116 Å². The molecule has 5 aliphatic rings. The van der Waals surface area contributed by atoms with Crippen LogP contribution in [-0.4, -0.2) is 326 Å². The molecule has 0 amide bonds. The molecule has 25 N–H and O–H groups in total. The summed E-state index contributed by atoms with van der Waals surface area (Å²) >= 11 is 0. The molecule has 0 aromatic rings. The van der Waals surface area contributed by atoms with E-state index in [4.69, 9.17) is 57.4 Å². The Morgan fingerprint density at radius 3 is 1.59 bits per heavy atom. The summed E-state index contributed by atoms with van der Waals surface area (Å²) in [6, 6.07) is -1.85. The van der Waals surface area contributed by atoms with Crippen LogP contribution >= 0.6 is 23.5 Å².